The molecule has 124 valence electrons. The lowest BCUT2D eigenvalue weighted by Gasteiger charge is -2.44. The molecule has 3 rings (SSSR count). The predicted octanol–water partition coefficient (Wildman–Crippen LogP) is 1.14. The van der Waals surface area contributed by atoms with Crippen molar-refractivity contribution in [3.8, 4) is 0 Å². The lowest BCUT2D eigenvalue weighted by atomic mass is 9.75. The summed E-state index contributed by atoms with van der Waals surface area (Å²) in [6.45, 7) is 6.10. The highest BCUT2D eigenvalue weighted by Crippen LogP contribution is 2.46. The highest BCUT2D eigenvalue weighted by atomic mass is 16.7. The molecule has 6 nitrogen and oxygen atoms in total. The molecule has 0 bridgehead atoms. The van der Waals surface area contributed by atoms with Crippen molar-refractivity contribution in [3.63, 3.8) is 0 Å². The van der Waals surface area contributed by atoms with Gasteiger partial charge in [-0.25, -0.2) is 0 Å². The Kier molecular flexibility index (Phi) is 4.37. The number of benzene rings is 1. The van der Waals surface area contributed by atoms with Crippen molar-refractivity contribution < 1.29 is 19.1 Å². The number of hydrogen-bond donors (Lipinski definition) is 0. The van der Waals surface area contributed by atoms with Crippen LogP contribution in [-0.2, 0) is 24.5 Å². The third-order valence-electron chi connectivity index (χ3n) is 4.50. The smallest absolute Gasteiger partial charge is 0.241 e. The van der Waals surface area contributed by atoms with Crippen molar-refractivity contribution in [1.29, 1.82) is 0 Å². The van der Waals surface area contributed by atoms with E-state index in [1.54, 1.807) is 9.80 Å². The quantitative estimate of drug-likeness (QED) is 0.559. The van der Waals surface area contributed by atoms with Gasteiger partial charge in [-0.05, 0) is 25.5 Å². The van der Waals surface area contributed by atoms with Crippen molar-refractivity contribution >= 4 is 18.0 Å². The minimum absolute atomic E-state index is 0.0289. The van der Waals surface area contributed by atoms with Crippen molar-refractivity contribution in [2.75, 3.05) is 37.7 Å². The number of carbonyl (C=O) groups excluding carboxylic acids is 2. The molecule has 23 heavy (non-hydrogen) atoms. The van der Waals surface area contributed by atoms with Crippen molar-refractivity contribution in [2.24, 2.45) is 0 Å². The maximum Gasteiger partial charge on any atom is 0.241 e. The number of amides is 2. The molecule has 0 unspecified atom stereocenters. The minimum atomic E-state index is -0.597. The van der Waals surface area contributed by atoms with Gasteiger partial charge in [0.2, 0.25) is 12.3 Å². The van der Waals surface area contributed by atoms with E-state index in [-0.39, 0.29) is 5.91 Å². The van der Waals surface area contributed by atoms with Gasteiger partial charge < -0.3 is 19.3 Å². The van der Waals surface area contributed by atoms with Crippen molar-refractivity contribution in [2.45, 2.75) is 25.6 Å². The second-order valence-corrected chi connectivity index (χ2v) is 5.87. The Labute approximate surface area is 136 Å². The summed E-state index contributed by atoms with van der Waals surface area (Å²) in [7, 11) is 0. The molecule has 0 aliphatic carbocycles. The third kappa shape index (κ3) is 2.52. The van der Waals surface area contributed by atoms with E-state index in [4.69, 9.17) is 9.47 Å². The van der Waals surface area contributed by atoms with Crippen LogP contribution in [0.5, 0.6) is 0 Å². The molecule has 0 atom stereocenters. The van der Waals surface area contributed by atoms with Crippen LogP contribution in [-0.4, -0.2) is 56.4 Å². The van der Waals surface area contributed by atoms with E-state index in [2.05, 4.69) is 0 Å². The molecule has 0 radical (unpaired) electrons. The molecule has 2 aliphatic rings. The van der Waals surface area contributed by atoms with Gasteiger partial charge in [-0.3, -0.25) is 9.59 Å². The molecule has 2 aliphatic heterocycles. The van der Waals surface area contributed by atoms with E-state index >= 15 is 0 Å². The Bertz CT molecular complexity index is 592. The molecule has 0 saturated carbocycles. The Morgan fingerprint density at radius 3 is 2.48 bits per heavy atom. The number of ether oxygens (including phenoxy) is 2. The second kappa shape index (κ2) is 6.29. The zero-order chi connectivity index (χ0) is 16.4. The average Bonchev–Trinajstić information content (AvgIpc) is 2.76. The first kappa shape index (κ1) is 16.0. The number of para-hydroxylation sites is 1. The van der Waals surface area contributed by atoms with Gasteiger partial charge in [0.05, 0.1) is 6.54 Å². The van der Waals surface area contributed by atoms with E-state index in [0.717, 1.165) is 17.7 Å². The molecule has 1 saturated heterocycles. The number of likely N-dealkylation sites (tertiary alicyclic amines) is 1. The van der Waals surface area contributed by atoms with Gasteiger partial charge in [-0.15, -0.1) is 0 Å². The standard InChI is InChI=1S/C17H22N2O4/c1-3-22-15(23-4-2)9-19-14-8-6-5-7-13(14)17(16(19)21)10-18(11-17)12-20/h5-8,12,15H,3-4,9-11H2,1-2H3. The molecule has 2 amide bonds. The fraction of sp³-hybridized carbons (Fsp3) is 0.529. The van der Waals surface area contributed by atoms with Crippen LogP contribution in [0, 0.1) is 0 Å². The van der Waals surface area contributed by atoms with Crippen LogP contribution >= 0.6 is 0 Å². The van der Waals surface area contributed by atoms with E-state index in [1.807, 2.05) is 38.1 Å². The Morgan fingerprint density at radius 1 is 1.22 bits per heavy atom. The van der Waals surface area contributed by atoms with Crippen LogP contribution in [0.4, 0.5) is 5.69 Å². The molecular weight excluding hydrogens is 296 g/mol. The van der Waals surface area contributed by atoms with E-state index in [9.17, 15) is 9.59 Å². The number of fused-ring (bicyclic) bond motifs is 2. The van der Waals surface area contributed by atoms with Gasteiger partial charge >= 0.3 is 0 Å². The van der Waals surface area contributed by atoms with Crippen LogP contribution in [0.2, 0.25) is 0 Å². The monoisotopic (exact) mass is 318 g/mol. The summed E-state index contributed by atoms with van der Waals surface area (Å²) in [5.41, 5.74) is 1.29. The first-order valence-electron chi connectivity index (χ1n) is 8.00. The summed E-state index contributed by atoms with van der Waals surface area (Å²) in [6, 6.07) is 7.78. The molecule has 0 N–H and O–H groups in total. The summed E-state index contributed by atoms with van der Waals surface area (Å²) in [4.78, 5) is 27.3. The fourth-order valence-electron chi connectivity index (χ4n) is 3.48. The first-order chi connectivity index (χ1) is 11.2. The SMILES string of the molecule is CCOC(CN1C(=O)C2(CN(C=O)C2)c2ccccc21)OCC. The van der Waals surface area contributed by atoms with Gasteiger partial charge in [0.1, 0.15) is 5.41 Å². The van der Waals surface area contributed by atoms with Crippen LogP contribution in [0.3, 0.4) is 0 Å². The third-order valence-corrected chi connectivity index (χ3v) is 4.50. The number of carbonyl (C=O) groups is 2. The van der Waals surface area contributed by atoms with Crippen LogP contribution < -0.4 is 4.90 Å². The fourth-order valence-corrected chi connectivity index (χ4v) is 3.48. The summed E-state index contributed by atoms with van der Waals surface area (Å²) < 4.78 is 11.2. The summed E-state index contributed by atoms with van der Waals surface area (Å²) in [5, 5.41) is 0. The van der Waals surface area contributed by atoms with Gasteiger partial charge in [0, 0.05) is 32.0 Å². The van der Waals surface area contributed by atoms with E-state index < -0.39 is 11.7 Å². The van der Waals surface area contributed by atoms with Crippen molar-refractivity contribution in [3.05, 3.63) is 29.8 Å². The normalized spacial score (nSPS) is 18.5. The van der Waals surface area contributed by atoms with Crippen molar-refractivity contribution in [1.82, 2.24) is 4.90 Å². The van der Waals surface area contributed by atoms with E-state index in [1.165, 1.54) is 0 Å². The highest BCUT2D eigenvalue weighted by molar-refractivity contribution is 6.09. The van der Waals surface area contributed by atoms with Crippen LogP contribution in [0.15, 0.2) is 24.3 Å². The molecule has 1 aromatic rings. The zero-order valence-electron chi connectivity index (χ0n) is 13.5. The van der Waals surface area contributed by atoms with Crippen LogP contribution in [0.1, 0.15) is 19.4 Å². The number of anilines is 1. The largest absolute Gasteiger partial charge is 0.351 e. The van der Waals surface area contributed by atoms with Crippen LogP contribution in [0.25, 0.3) is 0 Å². The van der Waals surface area contributed by atoms with E-state index in [0.29, 0.717) is 32.8 Å². The van der Waals surface area contributed by atoms with Gasteiger partial charge in [-0.1, -0.05) is 18.2 Å². The molecular formula is C17H22N2O4. The minimum Gasteiger partial charge on any atom is -0.351 e. The zero-order valence-corrected chi connectivity index (χ0v) is 13.5. The molecule has 2 heterocycles. The molecule has 6 heteroatoms. The van der Waals surface area contributed by atoms with Gasteiger partial charge in [0.25, 0.3) is 0 Å². The molecule has 1 aromatic carbocycles. The Morgan fingerprint density at radius 2 is 1.87 bits per heavy atom. The average molecular weight is 318 g/mol. The second-order valence-electron chi connectivity index (χ2n) is 5.87. The summed E-state index contributed by atoms with van der Waals surface area (Å²) >= 11 is 0. The van der Waals surface area contributed by atoms with Gasteiger partial charge in [0.15, 0.2) is 6.29 Å². The summed E-state index contributed by atoms with van der Waals surface area (Å²) in [5.74, 6) is 0.0289. The highest BCUT2D eigenvalue weighted by Gasteiger charge is 2.58. The number of nitrogens with zero attached hydrogens (tertiary/aromatic N) is 2. The lowest BCUT2D eigenvalue weighted by molar-refractivity contribution is -0.142. The molecule has 0 aromatic heterocycles. The number of hydrogen-bond acceptors (Lipinski definition) is 4. The molecule has 1 fully saturated rings. The maximum atomic E-state index is 13.0. The Hall–Kier alpha value is -1.92. The van der Waals surface area contributed by atoms with Gasteiger partial charge in [-0.2, -0.15) is 0 Å². The first-order valence-corrected chi connectivity index (χ1v) is 8.00. The molecule has 1 spiro atoms. The maximum absolute atomic E-state index is 13.0. The number of rotatable bonds is 7. The topological polar surface area (TPSA) is 59.1 Å². The predicted molar refractivity (Wildman–Crippen MR) is 85.2 cm³/mol. The lowest BCUT2D eigenvalue weighted by Crippen LogP contribution is -2.63. The summed E-state index contributed by atoms with van der Waals surface area (Å²) in [6.07, 6.45) is 0.354. The Balaban J connectivity index is 1.87.